The van der Waals surface area contributed by atoms with Gasteiger partial charge in [0.15, 0.2) is 0 Å². The molecule has 1 aliphatic heterocycles. The summed E-state index contributed by atoms with van der Waals surface area (Å²) in [5.41, 5.74) is 2.88. The van der Waals surface area contributed by atoms with E-state index in [2.05, 4.69) is 31.4 Å². The van der Waals surface area contributed by atoms with Crippen LogP contribution in [0.5, 0.6) is 11.5 Å². The van der Waals surface area contributed by atoms with Crippen LogP contribution in [0.15, 0.2) is 60.3 Å². The number of benzene rings is 1. The molecular formula is C39H57NO6S. The number of aliphatic hydroxyl groups is 2. The zero-order valence-corrected chi connectivity index (χ0v) is 29.6. The summed E-state index contributed by atoms with van der Waals surface area (Å²) in [6, 6.07) is 6.23. The minimum Gasteiger partial charge on any atom is -0.490 e. The highest BCUT2D eigenvalue weighted by atomic mass is 32.2. The highest BCUT2D eigenvalue weighted by molar-refractivity contribution is 8.00. The summed E-state index contributed by atoms with van der Waals surface area (Å²) in [6.07, 6.45) is 17.0. The van der Waals surface area contributed by atoms with Crippen LogP contribution in [-0.4, -0.2) is 64.2 Å². The van der Waals surface area contributed by atoms with E-state index in [0.717, 1.165) is 61.3 Å². The van der Waals surface area contributed by atoms with Crippen molar-refractivity contribution in [3.05, 3.63) is 60.7 Å². The van der Waals surface area contributed by atoms with Crippen LogP contribution in [0.4, 0.5) is 0 Å². The molecule has 260 valence electrons. The molecule has 3 aliphatic carbocycles. The lowest BCUT2D eigenvalue weighted by molar-refractivity contribution is -0.223. The molecular weight excluding hydrogens is 610 g/mol. The Labute approximate surface area is 286 Å². The van der Waals surface area contributed by atoms with Crippen molar-refractivity contribution in [1.82, 2.24) is 0 Å². The monoisotopic (exact) mass is 667 g/mol. The molecule has 1 heterocycles. The van der Waals surface area contributed by atoms with Crippen LogP contribution in [0, 0.1) is 17.8 Å². The lowest BCUT2D eigenvalue weighted by Crippen LogP contribution is -2.64. The Hall–Kier alpha value is -2.26. The van der Waals surface area contributed by atoms with Crippen molar-refractivity contribution in [2.75, 3.05) is 26.4 Å². The summed E-state index contributed by atoms with van der Waals surface area (Å²) in [5, 5.41) is 25.0. The first kappa shape index (κ1) is 36.0. The van der Waals surface area contributed by atoms with Gasteiger partial charge in [-0.1, -0.05) is 55.6 Å². The minimum atomic E-state index is -0.916. The maximum absolute atomic E-state index is 9.80. The fraction of sp³-hybridized carbons (Fsp3) is 0.667. The Kier molecular flexibility index (Phi) is 12.6. The van der Waals surface area contributed by atoms with Gasteiger partial charge in [0, 0.05) is 36.4 Å². The van der Waals surface area contributed by atoms with Gasteiger partial charge < -0.3 is 29.3 Å². The topological polar surface area (TPSA) is 89.7 Å². The highest BCUT2D eigenvalue weighted by Crippen LogP contribution is 2.63. The first-order chi connectivity index (χ1) is 22.7. The van der Waals surface area contributed by atoms with Crippen molar-refractivity contribution in [2.24, 2.45) is 22.9 Å². The predicted molar refractivity (Wildman–Crippen MR) is 191 cm³/mol. The van der Waals surface area contributed by atoms with Crippen molar-refractivity contribution < 1.29 is 29.3 Å². The molecule has 0 saturated heterocycles. The van der Waals surface area contributed by atoms with Gasteiger partial charge in [0.05, 0.1) is 23.5 Å². The third-order valence-corrected chi connectivity index (χ3v) is 11.8. The van der Waals surface area contributed by atoms with Crippen molar-refractivity contribution in [1.29, 1.82) is 0 Å². The molecule has 0 amide bonds. The van der Waals surface area contributed by atoms with E-state index < -0.39 is 11.4 Å². The standard InChI is InChI=1S/C39H57NO6S/c1-6-22-43-28-18-19-34-32(25-28)36-30(17-11-13-21-42)27(14-10-12-20-41)24-31-33(40-46-38(3,4)5)26-35(47-29-15-8-9-16-29)39(45-34,37(31)36)44-23-7-2/h6-7,18-19,24-25,27,29-30,35-37,41-42H,1-2,8-17,20-23,26H2,3-5H3. The summed E-state index contributed by atoms with van der Waals surface area (Å²) >= 11 is 2.02. The van der Waals surface area contributed by atoms with E-state index in [0.29, 0.717) is 24.9 Å². The SMILES string of the molecule is C=CCOc1ccc2c(c1)C1C(CCCCO)C(CCCCO)C=C3C(=NOC(C)(C)C)CC(SC4CCCC4)C(OCC=C)(O2)C31. The number of unbranched alkanes of at least 4 members (excludes halogenated alkanes) is 2. The number of allylic oxidation sites excluding steroid dienone is 1. The van der Waals surface area contributed by atoms with E-state index in [-0.39, 0.29) is 42.1 Å². The quantitative estimate of drug-likeness (QED) is 0.0981. The van der Waals surface area contributed by atoms with Crippen LogP contribution in [-0.2, 0) is 9.57 Å². The molecule has 0 bridgehead atoms. The normalized spacial score (nSPS) is 29.4. The maximum Gasteiger partial charge on any atom is 0.230 e. The highest BCUT2D eigenvalue weighted by Gasteiger charge is 2.64. The smallest absolute Gasteiger partial charge is 0.230 e. The van der Waals surface area contributed by atoms with Crippen molar-refractivity contribution in [3.63, 3.8) is 0 Å². The number of oxime groups is 1. The van der Waals surface area contributed by atoms with Crippen LogP contribution in [0.3, 0.4) is 0 Å². The van der Waals surface area contributed by atoms with Crippen LogP contribution in [0.1, 0.15) is 103 Å². The van der Waals surface area contributed by atoms with E-state index in [4.69, 9.17) is 24.2 Å². The molecule has 4 aliphatic rings. The Morgan fingerprint density at radius 2 is 1.74 bits per heavy atom. The predicted octanol–water partition coefficient (Wildman–Crippen LogP) is 8.36. The summed E-state index contributed by atoms with van der Waals surface area (Å²) in [7, 11) is 0. The summed E-state index contributed by atoms with van der Waals surface area (Å²) in [6.45, 7) is 15.2. The first-order valence-corrected chi connectivity index (χ1v) is 18.8. The molecule has 0 radical (unpaired) electrons. The summed E-state index contributed by atoms with van der Waals surface area (Å²) in [5.74, 6) is 1.22. The van der Waals surface area contributed by atoms with Crippen LogP contribution in [0.2, 0.25) is 0 Å². The fourth-order valence-corrected chi connectivity index (χ4v) is 9.91. The molecule has 6 atom stereocenters. The first-order valence-electron chi connectivity index (χ1n) is 17.9. The van der Waals surface area contributed by atoms with Gasteiger partial charge >= 0.3 is 0 Å². The largest absolute Gasteiger partial charge is 0.490 e. The summed E-state index contributed by atoms with van der Waals surface area (Å²) < 4.78 is 20.4. The van der Waals surface area contributed by atoms with Gasteiger partial charge in [0.1, 0.15) is 23.7 Å². The lowest BCUT2D eigenvalue weighted by atomic mass is 9.56. The van der Waals surface area contributed by atoms with Gasteiger partial charge in [-0.15, -0.1) is 18.3 Å². The van der Waals surface area contributed by atoms with E-state index in [9.17, 15) is 10.2 Å². The molecule has 5 rings (SSSR count). The molecule has 1 aromatic carbocycles. The van der Waals surface area contributed by atoms with Gasteiger partial charge in [0.2, 0.25) is 5.79 Å². The molecule has 6 unspecified atom stereocenters. The molecule has 8 heteroatoms. The number of ether oxygens (including phenoxy) is 3. The zero-order chi connectivity index (χ0) is 33.4. The number of fused-ring (bicyclic) bond motifs is 2. The fourth-order valence-electron chi connectivity index (χ4n) is 8.14. The second-order valence-corrected chi connectivity index (χ2v) is 16.1. The number of nitrogens with zero attached hydrogens (tertiary/aromatic N) is 1. The zero-order valence-electron chi connectivity index (χ0n) is 28.8. The number of thioether (sulfide) groups is 1. The molecule has 47 heavy (non-hydrogen) atoms. The van der Waals surface area contributed by atoms with Crippen molar-refractivity contribution >= 4 is 17.5 Å². The van der Waals surface area contributed by atoms with E-state index in [1.807, 2.05) is 44.7 Å². The third-order valence-electron chi connectivity index (χ3n) is 10.1. The lowest BCUT2D eigenvalue weighted by Gasteiger charge is -2.58. The van der Waals surface area contributed by atoms with Gasteiger partial charge in [-0.25, -0.2) is 0 Å². The van der Waals surface area contributed by atoms with Gasteiger partial charge in [-0.05, 0) is 94.9 Å². The Bertz CT molecular complexity index is 1270. The molecule has 2 saturated carbocycles. The van der Waals surface area contributed by atoms with Crippen molar-refractivity contribution in [3.8, 4) is 11.5 Å². The number of aliphatic hydroxyl groups excluding tert-OH is 2. The average Bonchev–Trinajstić information content (AvgIpc) is 3.57. The van der Waals surface area contributed by atoms with Crippen LogP contribution < -0.4 is 9.47 Å². The number of hydrogen-bond acceptors (Lipinski definition) is 8. The molecule has 1 aromatic rings. The van der Waals surface area contributed by atoms with Crippen LogP contribution in [0.25, 0.3) is 0 Å². The average molecular weight is 668 g/mol. The molecule has 7 nitrogen and oxygen atoms in total. The Balaban J connectivity index is 1.72. The van der Waals surface area contributed by atoms with E-state index in [1.165, 1.54) is 31.3 Å². The molecule has 0 spiro atoms. The van der Waals surface area contributed by atoms with Gasteiger partial charge in [-0.2, -0.15) is 0 Å². The Morgan fingerprint density at radius 3 is 2.43 bits per heavy atom. The minimum absolute atomic E-state index is 0.00592. The molecule has 0 aromatic heterocycles. The third kappa shape index (κ3) is 8.31. The molecule has 2 fully saturated rings. The summed E-state index contributed by atoms with van der Waals surface area (Å²) in [4.78, 5) is 6.20. The van der Waals surface area contributed by atoms with Gasteiger partial charge in [0.25, 0.3) is 0 Å². The van der Waals surface area contributed by atoms with Crippen molar-refractivity contribution in [2.45, 2.75) is 119 Å². The van der Waals surface area contributed by atoms with E-state index in [1.54, 1.807) is 6.08 Å². The van der Waals surface area contributed by atoms with Gasteiger partial charge in [-0.3, -0.25) is 0 Å². The second-order valence-electron chi connectivity index (χ2n) is 14.6. The molecule has 2 N–H and O–H groups in total. The maximum atomic E-state index is 9.80. The number of rotatable bonds is 17. The van der Waals surface area contributed by atoms with E-state index >= 15 is 0 Å². The Morgan fingerprint density at radius 1 is 1.02 bits per heavy atom. The second kappa shape index (κ2) is 16.4. The van der Waals surface area contributed by atoms with Crippen LogP contribution >= 0.6 is 11.8 Å². The number of hydrogen-bond donors (Lipinski definition) is 2.